The number of hydrogen-bond acceptors (Lipinski definition) is 1. The molecule has 0 bridgehead atoms. The zero-order chi connectivity index (χ0) is 10.1. The van der Waals surface area contributed by atoms with E-state index in [0.29, 0.717) is 5.92 Å². The molecule has 1 N–H and O–H groups in total. The standard InChI is InChI=1S/C12H20O2/c1-8(12(13)14)11(9-4-2-5-9)10-6-3-7-10/h8-11H,2-7H2,1H3,(H,13,14)/t8-/m1/s1. The summed E-state index contributed by atoms with van der Waals surface area (Å²) >= 11 is 0. The molecule has 2 aliphatic carbocycles. The van der Waals surface area contributed by atoms with E-state index in [1.54, 1.807) is 0 Å². The van der Waals surface area contributed by atoms with Crippen LogP contribution in [0.25, 0.3) is 0 Å². The van der Waals surface area contributed by atoms with Crippen LogP contribution in [0.15, 0.2) is 0 Å². The van der Waals surface area contributed by atoms with Gasteiger partial charge in [0.25, 0.3) is 0 Å². The number of hydrogen-bond donors (Lipinski definition) is 1. The molecular formula is C12H20O2. The first-order valence-corrected chi connectivity index (χ1v) is 5.93. The van der Waals surface area contributed by atoms with Gasteiger partial charge in [0.15, 0.2) is 0 Å². The summed E-state index contributed by atoms with van der Waals surface area (Å²) in [6.45, 7) is 1.91. The van der Waals surface area contributed by atoms with Crippen molar-refractivity contribution in [2.45, 2.75) is 45.4 Å². The van der Waals surface area contributed by atoms with Crippen molar-refractivity contribution in [3.63, 3.8) is 0 Å². The second kappa shape index (κ2) is 3.92. The van der Waals surface area contributed by atoms with Crippen molar-refractivity contribution < 1.29 is 9.90 Å². The molecule has 0 saturated heterocycles. The van der Waals surface area contributed by atoms with Crippen LogP contribution in [0.1, 0.15) is 45.4 Å². The second-order valence-corrected chi connectivity index (χ2v) is 5.09. The summed E-state index contributed by atoms with van der Waals surface area (Å²) in [4.78, 5) is 11.0. The summed E-state index contributed by atoms with van der Waals surface area (Å²) in [7, 11) is 0. The highest BCUT2D eigenvalue weighted by atomic mass is 16.4. The molecule has 0 aliphatic heterocycles. The van der Waals surface area contributed by atoms with Crippen LogP contribution >= 0.6 is 0 Å². The summed E-state index contributed by atoms with van der Waals surface area (Å²) in [5, 5.41) is 9.09. The summed E-state index contributed by atoms with van der Waals surface area (Å²) in [5.41, 5.74) is 0. The van der Waals surface area contributed by atoms with E-state index in [4.69, 9.17) is 5.11 Å². The van der Waals surface area contributed by atoms with Crippen molar-refractivity contribution in [1.29, 1.82) is 0 Å². The summed E-state index contributed by atoms with van der Waals surface area (Å²) in [6.07, 6.45) is 7.75. The van der Waals surface area contributed by atoms with Crippen molar-refractivity contribution >= 4 is 5.97 Å². The fourth-order valence-corrected chi connectivity index (χ4v) is 3.02. The highest BCUT2D eigenvalue weighted by Crippen LogP contribution is 2.47. The average Bonchev–Trinajstić information content (AvgIpc) is 1.94. The Hall–Kier alpha value is -0.530. The molecule has 0 aromatic rings. The summed E-state index contributed by atoms with van der Waals surface area (Å²) in [5.74, 6) is 1.23. The van der Waals surface area contributed by atoms with Gasteiger partial charge in [-0.25, -0.2) is 0 Å². The van der Waals surface area contributed by atoms with E-state index in [0.717, 1.165) is 11.8 Å². The van der Waals surface area contributed by atoms with Crippen molar-refractivity contribution in [3.8, 4) is 0 Å². The highest BCUT2D eigenvalue weighted by Gasteiger charge is 2.41. The third-order valence-corrected chi connectivity index (χ3v) is 4.36. The summed E-state index contributed by atoms with van der Waals surface area (Å²) < 4.78 is 0. The molecule has 2 nitrogen and oxygen atoms in total. The van der Waals surface area contributed by atoms with Crippen LogP contribution in [0.5, 0.6) is 0 Å². The fourth-order valence-electron chi connectivity index (χ4n) is 3.02. The molecule has 0 spiro atoms. The lowest BCUT2D eigenvalue weighted by atomic mass is 9.60. The maximum absolute atomic E-state index is 11.0. The van der Waals surface area contributed by atoms with Crippen molar-refractivity contribution in [1.82, 2.24) is 0 Å². The second-order valence-electron chi connectivity index (χ2n) is 5.09. The largest absolute Gasteiger partial charge is 0.481 e. The van der Waals surface area contributed by atoms with Gasteiger partial charge in [0.1, 0.15) is 0 Å². The van der Waals surface area contributed by atoms with E-state index in [1.165, 1.54) is 38.5 Å². The molecule has 2 fully saturated rings. The Morgan fingerprint density at radius 2 is 1.57 bits per heavy atom. The first-order chi connectivity index (χ1) is 6.70. The molecule has 0 unspecified atom stereocenters. The predicted molar refractivity (Wildman–Crippen MR) is 55.0 cm³/mol. The molecule has 80 valence electrons. The molecule has 2 rings (SSSR count). The maximum atomic E-state index is 11.0. The Bertz CT molecular complexity index is 202. The summed E-state index contributed by atoms with van der Waals surface area (Å²) in [6, 6.07) is 0. The molecule has 2 aliphatic rings. The van der Waals surface area contributed by atoms with Crippen LogP contribution in [0, 0.1) is 23.7 Å². The Morgan fingerprint density at radius 3 is 1.79 bits per heavy atom. The molecule has 0 radical (unpaired) electrons. The van der Waals surface area contributed by atoms with Crippen LogP contribution in [0.4, 0.5) is 0 Å². The van der Waals surface area contributed by atoms with Gasteiger partial charge in [-0.15, -0.1) is 0 Å². The highest BCUT2D eigenvalue weighted by molar-refractivity contribution is 5.70. The van der Waals surface area contributed by atoms with E-state index >= 15 is 0 Å². The van der Waals surface area contributed by atoms with Crippen LogP contribution in [-0.2, 0) is 4.79 Å². The molecule has 0 aromatic heterocycles. The first-order valence-electron chi connectivity index (χ1n) is 5.93. The minimum absolute atomic E-state index is 0.120. The van der Waals surface area contributed by atoms with Gasteiger partial charge in [0, 0.05) is 0 Å². The van der Waals surface area contributed by atoms with E-state index in [1.807, 2.05) is 6.92 Å². The van der Waals surface area contributed by atoms with E-state index < -0.39 is 5.97 Å². The van der Waals surface area contributed by atoms with Gasteiger partial charge in [-0.3, -0.25) is 4.79 Å². The molecule has 0 heterocycles. The van der Waals surface area contributed by atoms with Gasteiger partial charge >= 0.3 is 5.97 Å². The van der Waals surface area contributed by atoms with Crippen LogP contribution in [0.3, 0.4) is 0 Å². The molecule has 2 saturated carbocycles. The van der Waals surface area contributed by atoms with E-state index in [-0.39, 0.29) is 5.92 Å². The predicted octanol–water partition coefficient (Wildman–Crippen LogP) is 2.92. The smallest absolute Gasteiger partial charge is 0.306 e. The average molecular weight is 196 g/mol. The van der Waals surface area contributed by atoms with Crippen molar-refractivity contribution in [3.05, 3.63) is 0 Å². The Balaban J connectivity index is 2.00. The molecule has 14 heavy (non-hydrogen) atoms. The lowest BCUT2D eigenvalue weighted by Crippen LogP contribution is -2.39. The van der Waals surface area contributed by atoms with Crippen LogP contribution < -0.4 is 0 Å². The number of carboxylic acid groups (broad SMARTS) is 1. The normalized spacial score (nSPS) is 25.6. The lowest BCUT2D eigenvalue weighted by molar-refractivity contribution is -0.146. The Labute approximate surface area is 85.7 Å². The number of carbonyl (C=O) groups is 1. The molecule has 0 amide bonds. The first kappa shape index (κ1) is 10.0. The minimum Gasteiger partial charge on any atom is -0.481 e. The monoisotopic (exact) mass is 196 g/mol. The maximum Gasteiger partial charge on any atom is 0.306 e. The van der Waals surface area contributed by atoms with Gasteiger partial charge in [-0.05, 0) is 17.8 Å². The van der Waals surface area contributed by atoms with Crippen LogP contribution in [0.2, 0.25) is 0 Å². The van der Waals surface area contributed by atoms with Gasteiger partial charge < -0.3 is 5.11 Å². The van der Waals surface area contributed by atoms with Crippen molar-refractivity contribution in [2.75, 3.05) is 0 Å². The van der Waals surface area contributed by atoms with Gasteiger partial charge in [0.2, 0.25) is 0 Å². The van der Waals surface area contributed by atoms with Crippen LogP contribution in [-0.4, -0.2) is 11.1 Å². The number of rotatable bonds is 4. The third-order valence-electron chi connectivity index (χ3n) is 4.36. The number of carboxylic acids is 1. The van der Waals surface area contributed by atoms with Crippen molar-refractivity contribution in [2.24, 2.45) is 23.7 Å². The van der Waals surface area contributed by atoms with E-state index in [2.05, 4.69) is 0 Å². The fraction of sp³-hybridized carbons (Fsp3) is 0.917. The zero-order valence-electron chi connectivity index (χ0n) is 8.91. The molecule has 2 heteroatoms. The van der Waals surface area contributed by atoms with Gasteiger partial charge in [0.05, 0.1) is 5.92 Å². The molecular weight excluding hydrogens is 176 g/mol. The zero-order valence-corrected chi connectivity index (χ0v) is 8.91. The van der Waals surface area contributed by atoms with E-state index in [9.17, 15) is 4.79 Å². The Morgan fingerprint density at radius 1 is 1.14 bits per heavy atom. The molecule has 0 aromatic carbocycles. The quantitative estimate of drug-likeness (QED) is 0.750. The van der Waals surface area contributed by atoms with Gasteiger partial charge in [-0.1, -0.05) is 45.4 Å². The Kier molecular flexibility index (Phi) is 2.80. The lowest BCUT2D eigenvalue weighted by Gasteiger charge is -2.44. The third kappa shape index (κ3) is 1.67. The topological polar surface area (TPSA) is 37.3 Å². The molecule has 1 atom stereocenters. The minimum atomic E-state index is -0.589. The van der Waals surface area contributed by atoms with Gasteiger partial charge in [-0.2, -0.15) is 0 Å². The SMILES string of the molecule is C[C@@H](C(=O)O)C(C1CCC1)C1CCC1. The number of aliphatic carboxylic acids is 1.